The van der Waals surface area contributed by atoms with Crippen LogP contribution in [0.3, 0.4) is 0 Å². The lowest BCUT2D eigenvalue weighted by atomic mass is 9.95. The minimum absolute atomic E-state index is 0.172. The number of rotatable bonds is 5. The summed E-state index contributed by atoms with van der Waals surface area (Å²) in [5.41, 5.74) is 0.187. The topological polar surface area (TPSA) is 110 Å². The molecule has 0 aliphatic carbocycles. The summed E-state index contributed by atoms with van der Waals surface area (Å²) in [6.45, 7) is 5.32. The first kappa shape index (κ1) is 19.1. The summed E-state index contributed by atoms with van der Waals surface area (Å²) in [7, 11) is -3.76. The molecule has 2 aromatic rings. The van der Waals surface area contributed by atoms with Crippen molar-refractivity contribution in [1.82, 2.24) is 10.5 Å². The van der Waals surface area contributed by atoms with E-state index in [0.717, 1.165) is 10.00 Å². The SMILES string of the molecule is Cc1cc(CCNC(=O)c2cccc(N3C(=O)C(C)(C)CS3(=O)=O)c2)no1. The minimum atomic E-state index is -3.76. The molecule has 0 unspecified atom stereocenters. The van der Waals surface area contributed by atoms with Gasteiger partial charge in [0.15, 0.2) is 0 Å². The van der Waals surface area contributed by atoms with Gasteiger partial charge in [-0.2, -0.15) is 0 Å². The molecule has 0 spiro atoms. The van der Waals surface area contributed by atoms with Gasteiger partial charge in [0, 0.05) is 24.6 Å². The van der Waals surface area contributed by atoms with Gasteiger partial charge in [0.2, 0.25) is 15.9 Å². The summed E-state index contributed by atoms with van der Waals surface area (Å²) in [5.74, 6) is -0.419. The molecular formula is C18H21N3O5S. The number of nitrogens with zero attached hydrogens (tertiary/aromatic N) is 2. The highest BCUT2D eigenvalue weighted by atomic mass is 32.2. The number of benzene rings is 1. The number of aromatic nitrogens is 1. The monoisotopic (exact) mass is 391 g/mol. The number of carbonyl (C=O) groups is 2. The van der Waals surface area contributed by atoms with Crippen molar-refractivity contribution < 1.29 is 22.5 Å². The van der Waals surface area contributed by atoms with E-state index < -0.39 is 21.3 Å². The Morgan fingerprint density at radius 3 is 2.67 bits per heavy atom. The second-order valence-electron chi connectivity index (χ2n) is 7.19. The van der Waals surface area contributed by atoms with Gasteiger partial charge < -0.3 is 9.84 Å². The number of hydrogen-bond acceptors (Lipinski definition) is 6. The van der Waals surface area contributed by atoms with E-state index in [1.807, 2.05) is 0 Å². The molecule has 0 radical (unpaired) electrons. The minimum Gasteiger partial charge on any atom is -0.361 e. The molecule has 0 atom stereocenters. The van der Waals surface area contributed by atoms with E-state index in [2.05, 4.69) is 10.5 Å². The fourth-order valence-corrected chi connectivity index (χ4v) is 5.08. The van der Waals surface area contributed by atoms with Gasteiger partial charge in [-0.3, -0.25) is 9.59 Å². The lowest BCUT2D eigenvalue weighted by Crippen LogP contribution is -2.33. The van der Waals surface area contributed by atoms with E-state index >= 15 is 0 Å². The van der Waals surface area contributed by atoms with Crippen LogP contribution in [0.1, 0.15) is 35.7 Å². The van der Waals surface area contributed by atoms with Gasteiger partial charge in [0.1, 0.15) is 5.76 Å². The molecule has 9 heteroatoms. The Hall–Kier alpha value is -2.68. The van der Waals surface area contributed by atoms with Crippen molar-refractivity contribution in [3.63, 3.8) is 0 Å². The molecule has 2 heterocycles. The molecule has 27 heavy (non-hydrogen) atoms. The largest absolute Gasteiger partial charge is 0.361 e. The highest BCUT2D eigenvalue weighted by Gasteiger charge is 2.49. The Labute approximate surface area is 157 Å². The lowest BCUT2D eigenvalue weighted by Gasteiger charge is -2.18. The van der Waals surface area contributed by atoms with E-state index in [1.54, 1.807) is 39.0 Å². The molecule has 1 aromatic carbocycles. The van der Waals surface area contributed by atoms with Crippen molar-refractivity contribution in [2.75, 3.05) is 16.6 Å². The standard InChI is InChI=1S/C18H21N3O5S/c1-12-9-14(20-26-12)7-8-19-16(22)13-5-4-6-15(10-13)21-17(23)18(2,3)11-27(21,24)25/h4-6,9-10H,7-8,11H2,1-3H3,(H,19,22). The van der Waals surface area contributed by atoms with E-state index in [0.29, 0.717) is 18.7 Å². The average molecular weight is 391 g/mol. The molecule has 1 aromatic heterocycles. The maximum absolute atomic E-state index is 12.5. The number of sulfonamides is 1. The number of anilines is 1. The third kappa shape index (κ3) is 3.87. The van der Waals surface area contributed by atoms with Gasteiger partial charge in [0.05, 0.1) is 22.5 Å². The van der Waals surface area contributed by atoms with E-state index in [-0.39, 0.29) is 22.9 Å². The van der Waals surface area contributed by atoms with Crippen molar-refractivity contribution in [1.29, 1.82) is 0 Å². The molecule has 8 nitrogen and oxygen atoms in total. The Bertz CT molecular complexity index is 994. The van der Waals surface area contributed by atoms with Gasteiger partial charge in [0.25, 0.3) is 5.91 Å². The van der Waals surface area contributed by atoms with Crippen LogP contribution in [0.4, 0.5) is 5.69 Å². The molecule has 0 bridgehead atoms. The molecule has 2 amide bonds. The van der Waals surface area contributed by atoms with Crippen molar-refractivity contribution in [3.05, 3.63) is 47.3 Å². The lowest BCUT2D eigenvalue weighted by molar-refractivity contribution is -0.123. The smallest absolute Gasteiger partial charge is 0.251 e. The number of nitrogens with one attached hydrogen (secondary N) is 1. The molecule has 1 aliphatic heterocycles. The van der Waals surface area contributed by atoms with Crippen LogP contribution >= 0.6 is 0 Å². The second-order valence-corrected chi connectivity index (χ2v) is 9.01. The fourth-order valence-electron chi connectivity index (χ4n) is 2.98. The average Bonchev–Trinajstić information content (AvgIpc) is 3.05. The first-order valence-corrected chi connectivity index (χ1v) is 10.1. The Morgan fingerprint density at radius 2 is 2.07 bits per heavy atom. The number of aryl methyl sites for hydroxylation is 1. The van der Waals surface area contributed by atoms with Crippen LogP contribution < -0.4 is 9.62 Å². The summed E-state index contributed by atoms with van der Waals surface area (Å²) in [6.07, 6.45) is 0.510. The predicted octanol–water partition coefficient (Wildman–Crippen LogP) is 1.66. The van der Waals surface area contributed by atoms with Gasteiger partial charge in [-0.15, -0.1) is 0 Å². The van der Waals surface area contributed by atoms with Crippen LogP contribution in [-0.4, -0.2) is 37.7 Å². The molecular weight excluding hydrogens is 370 g/mol. The number of hydrogen-bond donors (Lipinski definition) is 1. The molecule has 1 fully saturated rings. The van der Waals surface area contributed by atoms with Crippen molar-refractivity contribution in [2.45, 2.75) is 27.2 Å². The quantitative estimate of drug-likeness (QED) is 0.830. The van der Waals surface area contributed by atoms with Crippen molar-refractivity contribution >= 4 is 27.5 Å². The Balaban J connectivity index is 1.73. The van der Waals surface area contributed by atoms with Gasteiger partial charge in [-0.25, -0.2) is 12.7 Å². The molecule has 1 N–H and O–H groups in total. The third-order valence-electron chi connectivity index (χ3n) is 4.27. The maximum atomic E-state index is 12.5. The first-order chi connectivity index (χ1) is 12.6. The van der Waals surface area contributed by atoms with Gasteiger partial charge in [-0.1, -0.05) is 11.2 Å². The number of amides is 2. The summed E-state index contributed by atoms with van der Waals surface area (Å²) in [6, 6.07) is 7.83. The van der Waals surface area contributed by atoms with E-state index in [4.69, 9.17) is 4.52 Å². The van der Waals surface area contributed by atoms with Crippen molar-refractivity contribution in [3.8, 4) is 0 Å². The predicted molar refractivity (Wildman–Crippen MR) is 98.8 cm³/mol. The van der Waals surface area contributed by atoms with Crippen LogP contribution in [0.5, 0.6) is 0 Å². The normalized spacial score (nSPS) is 17.9. The zero-order valence-electron chi connectivity index (χ0n) is 15.4. The Morgan fingerprint density at radius 1 is 1.33 bits per heavy atom. The van der Waals surface area contributed by atoms with Crippen LogP contribution in [0.2, 0.25) is 0 Å². The van der Waals surface area contributed by atoms with E-state index in [9.17, 15) is 18.0 Å². The van der Waals surface area contributed by atoms with Crippen molar-refractivity contribution in [2.24, 2.45) is 5.41 Å². The molecule has 3 rings (SSSR count). The molecule has 1 aliphatic rings. The van der Waals surface area contributed by atoms with Gasteiger partial charge >= 0.3 is 0 Å². The van der Waals surface area contributed by atoms with Gasteiger partial charge in [-0.05, 0) is 39.0 Å². The maximum Gasteiger partial charge on any atom is 0.251 e. The van der Waals surface area contributed by atoms with Crippen LogP contribution in [0, 0.1) is 12.3 Å². The molecule has 144 valence electrons. The fraction of sp³-hybridized carbons (Fsp3) is 0.389. The molecule has 1 saturated heterocycles. The summed E-state index contributed by atoms with van der Waals surface area (Å²) in [5, 5.41) is 6.60. The summed E-state index contributed by atoms with van der Waals surface area (Å²) < 4.78 is 30.5. The summed E-state index contributed by atoms with van der Waals surface area (Å²) >= 11 is 0. The first-order valence-electron chi connectivity index (χ1n) is 8.48. The highest BCUT2D eigenvalue weighted by molar-refractivity contribution is 7.94. The third-order valence-corrected chi connectivity index (χ3v) is 6.29. The molecule has 0 saturated carbocycles. The zero-order chi connectivity index (χ0) is 19.8. The second kappa shape index (κ2) is 6.80. The zero-order valence-corrected chi connectivity index (χ0v) is 16.2. The highest BCUT2D eigenvalue weighted by Crippen LogP contribution is 2.35. The van der Waals surface area contributed by atoms with E-state index in [1.165, 1.54) is 12.1 Å². The van der Waals surface area contributed by atoms with Crippen LogP contribution in [0.15, 0.2) is 34.9 Å². The van der Waals surface area contributed by atoms with Crippen LogP contribution in [-0.2, 0) is 21.2 Å². The summed E-state index contributed by atoms with van der Waals surface area (Å²) in [4.78, 5) is 24.9. The number of carbonyl (C=O) groups excluding carboxylic acids is 2. The Kier molecular flexibility index (Phi) is 4.81. The van der Waals surface area contributed by atoms with Crippen LogP contribution in [0.25, 0.3) is 0 Å².